The van der Waals surface area contributed by atoms with E-state index in [1.54, 1.807) is 22.8 Å². The minimum absolute atomic E-state index is 0.00593. The van der Waals surface area contributed by atoms with Crippen LogP contribution in [0.4, 0.5) is 0 Å². The highest BCUT2D eigenvalue weighted by atomic mass is 16.5. The Balaban J connectivity index is 1.77. The van der Waals surface area contributed by atoms with Crippen LogP contribution < -0.4 is 5.56 Å². The van der Waals surface area contributed by atoms with Crippen molar-refractivity contribution in [3.8, 4) is 17.1 Å². The molecule has 30 heavy (non-hydrogen) atoms. The summed E-state index contributed by atoms with van der Waals surface area (Å²) in [7, 11) is 0. The number of ether oxygens (including phenoxy) is 1. The maximum Gasteiger partial charge on any atom is 0.316 e. The first-order valence-corrected chi connectivity index (χ1v) is 10.1. The molecule has 2 aromatic heterocycles. The van der Waals surface area contributed by atoms with Crippen LogP contribution in [0.15, 0.2) is 41.7 Å². The summed E-state index contributed by atoms with van der Waals surface area (Å²) in [4.78, 5) is 30.6. The average molecular weight is 402 g/mol. The smallest absolute Gasteiger partial charge is 0.316 e. The van der Waals surface area contributed by atoms with Gasteiger partial charge in [-0.2, -0.15) is 0 Å². The van der Waals surface area contributed by atoms with Gasteiger partial charge in [0, 0.05) is 16.5 Å². The zero-order valence-electron chi connectivity index (χ0n) is 17.0. The molecule has 0 bridgehead atoms. The molecule has 5 rings (SSSR count). The van der Waals surface area contributed by atoms with Crippen LogP contribution in [0.25, 0.3) is 22.3 Å². The first kappa shape index (κ1) is 18.6. The molecule has 2 aliphatic rings. The molecule has 1 atom stereocenters. The summed E-state index contributed by atoms with van der Waals surface area (Å²) in [6.07, 6.45) is 2.82. The molecular formula is C24H22N2O4. The number of fused-ring (bicyclic) bond motifs is 5. The number of rotatable bonds is 3. The molecule has 0 amide bonds. The largest absolute Gasteiger partial charge is 0.508 e. The van der Waals surface area contributed by atoms with Crippen molar-refractivity contribution < 1.29 is 14.6 Å². The van der Waals surface area contributed by atoms with Gasteiger partial charge in [0.25, 0.3) is 5.56 Å². The Labute approximate surface area is 173 Å². The summed E-state index contributed by atoms with van der Waals surface area (Å²) in [6, 6.07) is 7.36. The van der Waals surface area contributed by atoms with Gasteiger partial charge in [-0.3, -0.25) is 9.59 Å². The molecule has 0 saturated heterocycles. The number of phenols is 1. The van der Waals surface area contributed by atoms with Gasteiger partial charge in [0.15, 0.2) is 0 Å². The van der Waals surface area contributed by atoms with Crippen LogP contribution in [0.2, 0.25) is 0 Å². The van der Waals surface area contributed by atoms with Gasteiger partial charge < -0.3 is 14.4 Å². The van der Waals surface area contributed by atoms with Crippen LogP contribution in [0.5, 0.6) is 5.75 Å². The average Bonchev–Trinajstić information content (AvgIpc) is 3.10. The lowest BCUT2D eigenvalue weighted by Crippen LogP contribution is -2.42. The van der Waals surface area contributed by atoms with Gasteiger partial charge in [-0.1, -0.05) is 13.0 Å². The maximum absolute atomic E-state index is 13.3. The lowest BCUT2D eigenvalue weighted by Gasteiger charge is -2.33. The number of hydrogen-bond acceptors (Lipinski definition) is 5. The second-order valence-electron chi connectivity index (χ2n) is 8.19. The summed E-state index contributed by atoms with van der Waals surface area (Å²) in [5, 5.41) is 11.1. The van der Waals surface area contributed by atoms with E-state index in [9.17, 15) is 14.7 Å². The van der Waals surface area contributed by atoms with Gasteiger partial charge in [-0.15, -0.1) is 6.58 Å². The van der Waals surface area contributed by atoms with Crippen LogP contribution in [0.1, 0.15) is 42.5 Å². The fourth-order valence-corrected chi connectivity index (χ4v) is 4.62. The predicted molar refractivity (Wildman–Crippen MR) is 114 cm³/mol. The normalized spacial score (nSPS) is 19.2. The minimum Gasteiger partial charge on any atom is -0.508 e. The number of benzene rings is 1. The van der Waals surface area contributed by atoms with E-state index in [2.05, 4.69) is 6.58 Å². The van der Waals surface area contributed by atoms with Crippen LogP contribution in [-0.2, 0) is 34.5 Å². The summed E-state index contributed by atoms with van der Waals surface area (Å²) >= 11 is 0. The molecule has 0 radical (unpaired) electrons. The van der Waals surface area contributed by atoms with Crippen LogP contribution in [-0.4, -0.2) is 20.6 Å². The number of allylic oxidation sites excluding steroid dienone is 1. The Hall–Kier alpha value is -3.41. The quantitative estimate of drug-likeness (QED) is 0.418. The molecule has 0 saturated carbocycles. The maximum atomic E-state index is 13.3. The summed E-state index contributed by atoms with van der Waals surface area (Å²) < 4.78 is 7.05. The van der Waals surface area contributed by atoms with E-state index >= 15 is 0 Å². The Bertz CT molecular complexity index is 1320. The van der Waals surface area contributed by atoms with Gasteiger partial charge in [0.2, 0.25) is 0 Å². The molecule has 6 heteroatoms. The highest BCUT2D eigenvalue weighted by Gasteiger charge is 2.43. The Morgan fingerprint density at radius 1 is 1.33 bits per heavy atom. The van der Waals surface area contributed by atoms with Crippen molar-refractivity contribution in [2.45, 2.75) is 45.3 Å². The number of hydrogen-bond donors (Lipinski definition) is 1. The molecular weight excluding hydrogens is 380 g/mol. The second-order valence-corrected chi connectivity index (χ2v) is 8.19. The van der Waals surface area contributed by atoms with Crippen molar-refractivity contribution in [1.82, 2.24) is 9.55 Å². The van der Waals surface area contributed by atoms with Crippen molar-refractivity contribution in [1.29, 1.82) is 0 Å². The standard InChI is InChI=1S/C24H22N2O4/c1-4-6-14-15-9-13-11-26-19(21(13)25-18(15)7-8-20(14)27)10-17-16(22(26)28)12-30-23(29)24(17,3)5-2/h4,7-10,27H,1,5-6,11-12H2,2-3H3/t24-/m1/s1. The molecule has 2 aliphatic heterocycles. The zero-order chi connectivity index (χ0) is 21.2. The van der Waals surface area contributed by atoms with Gasteiger partial charge in [-0.05, 0) is 49.6 Å². The molecule has 0 aliphatic carbocycles. The predicted octanol–water partition coefficient (Wildman–Crippen LogP) is 3.58. The molecule has 152 valence electrons. The Morgan fingerprint density at radius 3 is 2.87 bits per heavy atom. The third kappa shape index (κ3) is 2.33. The molecule has 3 aromatic rings. The van der Waals surface area contributed by atoms with Crippen LogP contribution in [0, 0.1) is 0 Å². The van der Waals surface area contributed by atoms with Gasteiger partial charge >= 0.3 is 5.97 Å². The lowest BCUT2D eigenvalue weighted by molar-refractivity contribution is -0.153. The number of pyridine rings is 2. The van der Waals surface area contributed by atoms with Gasteiger partial charge in [0.1, 0.15) is 12.4 Å². The summed E-state index contributed by atoms with van der Waals surface area (Å²) in [5.41, 5.74) is 4.23. The number of phenolic OH excluding ortho intramolecular Hbond substituents is 1. The van der Waals surface area contributed by atoms with E-state index in [-0.39, 0.29) is 23.9 Å². The highest BCUT2D eigenvalue weighted by molar-refractivity contribution is 5.89. The fourth-order valence-electron chi connectivity index (χ4n) is 4.62. The molecule has 0 fully saturated rings. The Kier molecular flexibility index (Phi) is 3.90. The summed E-state index contributed by atoms with van der Waals surface area (Å²) in [5.74, 6) is -0.0854. The van der Waals surface area contributed by atoms with Crippen molar-refractivity contribution in [3.05, 3.63) is 69.5 Å². The number of carbonyl (C=O) groups excluding carboxylic acids is 1. The third-order valence-corrected chi connectivity index (χ3v) is 6.58. The third-order valence-electron chi connectivity index (χ3n) is 6.58. The highest BCUT2D eigenvalue weighted by Crippen LogP contribution is 2.40. The van der Waals surface area contributed by atoms with Gasteiger partial charge in [0.05, 0.1) is 34.4 Å². The Morgan fingerprint density at radius 2 is 2.13 bits per heavy atom. The molecule has 1 N–H and O–H groups in total. The molecule has 6 nitrogen and oxygen atoms in total. The molecule has 0 spiro atoms. The van der Waals surface area contributed by atoms with E-state index in [4.69, 9.17) is 9.72 Å². The molecule has 0 unspecified atom stereocenters. The lowest BCUT2D eigenvalue weighted by atomic mass is 9.76. The van der Waals surface area contributed by atoms with Crippen molar-refractivity contribution >= 4 is 16.9 Å². The minimum atomic E-state index is -0.842. The number of aromatic nitrogens is 2. The number of nitrogens with zero attached hydrogens (tertiary/aromatic N) is 2. The van der Waals surface area contributed by atoms with E-state index in [1.807, 2.05) is 26.0 Å². The SMILES string of the molecule is C=CCc1c(O)ccc2nc3c(cc12)Cn1c-3cc2c(c1=O)COC(=O)[C@]2(C)CC. The second kappa shape index (κ2) is 6.29. The van der Waals surface area contributed by atoms with Gasteiger partial charge in [-0.25, -0.2) is 4.98 Å². The first-order chi connectivity index (χ1) is 14.4. The number of carbonyl (C=O) groups is 1. The number of aromatic hydroxyl groups is 1. The topological polar surface area (TPSA) is 81.4 Å². The number of cyclic esters (lactones) is 1. The van der Waals surface area contributed by atoms with E-state index in [0.29, 0.717) is 24.9 Å². The van der Waals surface area contributed by atoms with Crippen molar-refractivity contribution in [2.24, 2.45) is 0 Å². The van der Waals surface area contributed by atoms with E-state index in [1.165, 1.54) is 0 Å². The van der Waals surface area contributed by atoms with Crippen LogP contribution in [0.3, 0.4) is 0 Å². The van der Waals surface area contributed by atoms with Crippen LogP contribution >= 0.6 is 0 Å². The summed E-state index contributed by atoms with van der Waals surface area (Å²) in [6.45, 7) is 7.94. The fraction of sp³-hybridized carbons (Fsp3) is 0.292. The van der Waals surface area contributed by atoms with E-state index < -0.39 is 5.41 Å². The molecule has 1 aromatic carbocycles. The first-order valence-electron chi connectivity index (χ1n) is 10.1. The van der Waals surface area contributed by atoms with Crippen molar-refractivity contribution in [3.63, 3.8) is 0 Å². The zero-order valence-corrected chi connectivity index (χ0v) is 17.0. The molecule has 4 heterocycles. The van der Waals surface area contributed by atoms with Crippen molar-refractivity contribution in [2.75, 3.05) is 0 Å². The number of esters is 1. The monoisotopic (exact) mass is 402 g/mol. The van der Waals surface area contributed by atoms with E-state index in [0.717, 1.165) is 39.0 Å².